The molecule has 0 fully saturated rings. The number of aryl methyl sites for hydroxylation is 1. The first kappa shape index (κ1) is 21.6. The Morgan fingerprint density at radius 2 is 1.77 bits per heavy atom. The highest BCUT2D eigenvalue weighted by Crippen LogP contribution is 2.31. The highest BCUT2D eigenvalue weighted by molar-refractivity contribution is 6.39. The van der Waals surface area contributed by atoms with Gasteiger partial charge in [-0.15, -0.1) is 0 Å². The van der Waals surface area contributed by atoms with Gasteiger partial charge >= 0.3 is 11.8 Å². The highest BCUT2D eigenvalue weighted by atomic mass is 16.5. The summed E-state index contributed by atoms with van der Waals surface area (Å²) in [5.41, 5.74) is 2.23. The quantitative estimate of drug-likeness (QED) is 0.448. The van der Waals surface area contributed by atoms with Crippen LogP contribution in [0.25, 0.3) is 0 Å². The van der Waals surface area contributed by atoms with E-state index in [1.165, 1.54) is 0 Å². The zero-order chi connectivity index (χ0) is 22.2. The van der Waals surface area contributed by atoms with Crippen molar-refractivity contribution in [1.82, 2.24) is 5.32 Å². The molecule has 8 heteroatoms. The Bertz CT molecular complexity index is 1090. The van der Waals surface area contributed by atoms with E-state index in [1.54, 1.807) is 62.9 Å². The van der Waals surface area contributed by atoms with Gasteiger partial charge < -0.3 is 24.5 Å². The van der Waals surface area contributed by atoms with Crippen molar-refractivity contribution in [2.75, 3.05) is 19.5 Å². The van der Waals surface area contributed by atoms with Crippen LogP contribution in [0.3, 0.4) is 0 Å². The van der Waals surface area contributed by atoms with Gasteiger partial charge in [0.1, 0.15) is 28.7 Å². The molecule has 160 valence electrons. The van der Waals surface area contributed by atoms with Crippen molar-refractivity contribution >= 4 is 29.4 Å². The molecular weight excluding hydrogens is 398 g/mol. The molecule has 1 aromatic heterocycles. The van der Waals surface area contributed by atoms with E-state index in [0.29, 0.717) is 34.4 Å². The molecule has 0 radical (unpaired) electrons. The molecule has 0 spiro atoms. The van der Waals surface area contributed by atoms with E-state index >= 15 is 0 Å². The monoisotopic (exact) mass is 421 g/mol. The standard InChI is InChI=1S/C23H23N3O5/c1-15-4-6-16(7-5-15)26-23(28)22(27)25-14-19-9-8-18(31-19)13-24-20-11-10-17(29-2)12-21(20)30-3/h4-13H,14H2,1-3H3,(H,25,27)(H,26,28). The molecule has 31 heavy (non-hydrogen) atoms. The van der Waals surface area contributed by atoms with Crippen LogP contribution in [0.2, 0.25) is 0 Å². The molecule has 1 heterocycles. The fraction of sp³-hybridized carbons (Fsp3) is 0.174. The van der Waals surface area contributed by atoms with Gasteiger partial charge in [0.2, 0.25) is 0 Å². The number of aliphatic imine (C=N–C) groups is 1. The zero-order valence-electron chi connectivity index (χ0n) is 17.5. The maximum atomic E-state index is 12.0. The molecule has 2 amide bonds. The number of ether oxygens (including phenoxy) is 2. The molecule has 0 saturated heterocycles. The third-order valence-corrected chi connectivity index (χ3v) is 4.34. The van der Waals surface area contributed by atoms with Crippen molar-refractivity contribution < 1.29 is 23.5 Å². The smallest absolute Gasteiger partial charge is 0.313 e. The van der Waals surface area contributed by atoms with Crippen LogP contribution in [0, 0.1) is 6.92 Å². The molecule has 8 nitrogen and oxygen atoms in total. The molecule has 3 aromatic rings. The van der Waals surface area contributed by atoms with E-state index < -0.39 is 11.8 Å². The third kappa shape index (κ3) is 5.96. The summed E-state index contributed by atoms with van der Waals surface area (Å²) in [6.45, 7) is 2.01. The van der Waals surface area contributed by atoms with Crippen molar-refractivity contribution in [3.8, 4) is 11.5 Å². The van der Waals surface area contributed by atoms with E-state index in [0.717, 1.165) is 5.56 Å². The van der Waals surface area contributed by atoms with Crippen LogP contribution in [0.4, 0.5) is 11.4 Å². The van der Waals surface area contributed by atoms with E-state index in [2.05, 4.69) is 15.6 Å². The lowest BCUT2D eigenvalue weighted by Crippen LogP contribution is -2.34. The molecule has 2 N–H and O–H groups in total. The number of benzene rings is 2. The molecular formula is C23H23N3O5. The lowest BCUT2D eigenvalue weighted by molar-refractivity contribution is -0.136. The number of furan rings is 1. The number of amides is 2. The van der Waals surface area contributed by atoms with Crippen molar-refractivity contribution in [3.05, 3.63) is 71.7 Å². The second kappa shape index (κ2) is 10.1. The summed E-state index contributed by atoms with van der Waals surface area (Å²) in [4.78, 5) is 28.4. The van der Waals surface area contributed by atoms with Crippen LogP contribution in [-0.4, -0.2) is 32.2 Å². The van der Waals surface area contributed by atoms with Crippen LogP contribution in [0.15, 0.2) is 64.0 Å². The van der Waals surface area contributed by atoms with Gasteiger partial charge in [-0.2, -0.15) is 0 Å². The van der Waals surface area contributed by atoms with Crippen molar-refractivity contribution in [2.24, 2.45) is 4.99 Å². The first-order valence-electron chi connectivity index (χ1n) is 9.49. The van der Waals surface area contributed by atoms with Crippen molar-refractivity contribution in [1.29, 1.82) is 0 Å². The molecule has 0 unspecified atom stereocenters. The number of anilines is 1. The topological polar surface area (TPSA) is 102 Å². The fourth-order valence-electron chi connectivity index (χ4n) is 2.66. The van der Waals surface area contributed by atoms with Gasteiger partial charge in [0, 0.05) is 11.8 Å². The minimum atomic E-state index is -0.754. The molecule has 0 aliphatic carbocycles. The predicted molar refractivity (Wildman–Crippen MR) is 117 cm³/mol. The summed E-state index contributed by atoms with van der Waals surface area (Å²) >= 11 is 0. The number of nitrogens with one attached hydrogen (secondary N) is 2. The van der Waals surface area contributed by atoms with Gasteiger partial charge in [0.05, 0.1) is 27.0 Å². The number of hydrogen-bond acceptors (Lipinski definition) is 6. The third-order valence-electron chi connectivity index (χ3n) is 4.34. The van der Waals surface area contributed by atoms with Gasteiger partial charge in [0.15, 0.2) is 0 Å². The fourth-order valence-corrected chi connectivity index (χ4v) is 2.66. The molecule has 3 rings (SSSR count). The Morgan fingerprint density at radius 1 is 1.00 bits per heavy atom. The number of hydrogen-bond donors (Lipinski definition) is 2. The van der Waals surface area contributed by atoms with Gasteiger partial charge in [-0.05, 0) is 43.3 Å². The SMILES string of the molecule is COc1ccc(N=Cc2ccc(CNC(=O)C(=O)Nc3ccc(C)cc3)o2)c(OC)c1. The van der Waals surface area contributed by atoms with Crippen LogP contribution < -0.4 is 20.1 Å². The van der Waals surface area contributed by atoms with Crippen molar-refractivity contribution in [2.45, 2.75) is 13.5 Å². The minimum absolute atomic E-state index is 0.0693. The lowest BCUT2D eigenvalue weighted by Gasteiger charge is -2.06. The normalized spacial score (nSPS) is 10.7. The highest BCUT2D eigenvalue weighted by Gasteiger charge is 2.14. The van der Waals surface area contributed by atoms with Crippen LogP contribution in [0.5, 0.6) is 11.5 Å². The van der Waals surface area contributed by atoms with Crippen LogP contribution >= 0.6 is 0 Å². The number of rotatable bonds is 7. The Hall–Kier alpha value is -4.07. The van der Waals surface area contributed by atoms with Gasteiger partial charge in [-0.1, -0.05) is 17.7 Å². The molecule has 0 saturated carbocycles. The number of carbonyl (C=O) groups is 2. The Kier molecular flexibility index (Phi) is 7.05. The van der Waals surface area contributed by atoms with E-state index in [9.17, 15) is 9.59 Å². The van der Waals surface area contributed by atoms with E-state index in [1.807, 2.05) is 19.1 Å². The Morgan fingerprint density at radius 3 is 2.48 bits per heavy atom. The predicted octanol–water partition coefficient (Wildman–Crippen LogP) is 3.61. The Labute approximate surface area is 179 Å². The second-order valence-corrected chi connectivity index (χ2v) is 6.60. The molecule has 2 aromatic carbocycles. The second-order valence-electron chi connectivity index (χ2n) is 6.60. The number of methoxy groups -OCH3 is 2. The van der Waals surface area contributed by atoms with Gasteiger partial charge in [-0.3, -0.25) is 9.59 Å². The minimum Gasteiger partial charge on any atom is -0.497 e. The summed E-state index contributed by atoms with van der Waals surface area (Å²) in [7, 11) is 3.13. The average Bonchev–Trinajstić information content (AvgIpc) is 3.25. The first-order chi connectivity index (χ1) is 15.0. The van der Waals surface area contributed by atoms with Crippen LogP contribution in [0.1, 0.15) is 17.1 Å². The van der Waals surface area contributed by atoms with Gasteiger partial charge in [-0.25, -0.2) is 4.99 Å². The number of nitrogens with zero attached hydrogens (tertiary/aromatic N) is 1. The maximum absolute atomic E-state index is 12.0. The van der Waals surface area contributed by atoms with Crippen LogP contribution in [-0.2, 0) is 16.1 Å². The van der Waals surface area contributed by atoms with Gasteiger partial charge in [0.25, 0.3) is 0 Å². The van der Waals surface area contributed by atoms with E-state index in [4.69, 9.17) is 13.9 Å². The number of carbonyl (C=O) groups excluding carboxylic acids is 2. The molecule has 0 aliphatic rings. The summed E-state index contributed by atoms with van der Waals surface area (Å²) in [6, 6.07) is 15.9. The largest absolute Gasteiger partial charge is 0.497 e. The summed E-state index contributed by atoms with van der Waals surface area (Å²) in [5, 5.41) is 5.07. The Balaban J connectivity index is 1.55. The van der Waals surface area contributed by atoms with E-state index in [-0.39, 0.29) is 6.54 Å². The zero-order valence-corrected chi connectivity index (χ0v) is 17.5. The molecule has 0 bridgehead atoms. The maximum Gasteiger partial charge on any atom is 0.313 e. The summed E-state index contributed by atoms with van der Waals surface area (Å²) < 4.78 is 16.1. The van der Waals surface area contributed by atoms with Crippen molar-refractivity contribution in [3.63, 3.8) is 0 Å². The lowest BCUT2D eigenvalue weighted by atomic mass is 10.2. The summed E-state index contributed by atoms with van der Waals surface area (Å²) in [5.74, 6) is 0.706. The molecule has 0 aliphatic heterocycles. The first-order valence-corrected chi connectivity index (χ1v) is 9.49. The average molecular weight is 421 g/mol. The molecule has 0 atom stereocenters. The summed E-state index contributed by atoms with van der Waals surface area (Å²) in [6.07, 6.45) is 1.54.